The van der Waals surface area contributed by atoms with E-state index in [1.165, 1.54) is 43.5 Å². The van der Waals surface area contributed by atoms with Gasteiger partial charge in [0.2, 0.25) is 5.91 Å². The standard InChI is InChI=1S/C29H38N4O2/c1-35-28-8-5-22(21-32-13-3-2-4-14-32)19-24(28)9-15-31-16-11-26(12-17-31)33-18-10-23-6-7-25(29(30)34)20-27(23)33/h5-8,10,18-20,26H,2-4,9,11-17,21H2,1H3,(H2,30,34). The van der Waals surface area contributed by atoms with Crippen molar-refractivity contribution < 1.29 is 9.53 Å². The van der Waals surface area contributed by atoms with Crippen molar-refractivity contribution in [1.29, 1.82) is 0 Å². The maximum atomic E-state index is 11.6. The van der Waals surface area contributed by atoms with Gasteiger partial charge in [0.15, 0.2) is 0 Å². The normalized spacial score (nSPS) is 18.2. The van der Waals surface area contributed by atoms with E-state index >= 15 is 0 Å². The van der Waals surface area contributed by atoms with E-state index in [9.17, 15) is 4.79 Å². The summed E-state index contributed by atoms with van der Waals surface area (Å²) >= 11 is 0. The zero-order valence-corrected chi connectivity index (χ0v) is 20.9. The summed E-state index contributed by atoms with van der Waals surface area (Å²) in [6.45, 7) is 6.69. The Balaban J connectivity index is 1.19. The zero-order chi connectivity index (χ0) is 24.2. The summed E-state index contributed by atoms with van der Waals surface area (Å²) in [5.41, 5.74) is 9.91. The highest BCUT2D eigenvalue weighted by atomic mass is 16.5. The summed E-state index contributed by atoms with van der Waals surface area (Å²) in [6, 6.07) is 15.1. The van der Waals surface area contributed by atoms with Gasteiger partial charge in [-0.05, 0) is 86.0 Å². The second-order valence-corrected chi connectivity index (χ2v) is 10.2. The number of ether oxygens (including phenoxy) is 1. The smallest absolute Gasteiger partial charge is 0.248 e. The Morgan fingerprint density at radius 3 is 2.51 bits per heavy atom. The fraction of sp³-hybridized carbons (Fsp3) is 0.483. The minimum Gasteiger partial charge on any atom is -0.496 e. The number of nitrogens with zero attached hydrogens (tertiary/aromatic N) is 3. The van der Waals surface area contributed by atoms with Gasteiger partial charge >= 0.3 is 0 Å². The van der Waals surface area contributed by atoms with Gasteiger partial charge in [0.25, 0.3) is 0 Å². The Labute approximate surface area is 208 Å². The van der Waals surface area contributed by atoms with E-state index in [1.807, 2.05) is 18.2 Å². The summed E-state index contributed by atoms with van der Waals surface area (Å²) in [4.78, 5) is 16.8. The van der Waals surface area contributed by atoms with Crippen molar-refractivity contribution in [1.82, 2.24) is 14.4 Å². The fourth-order valence-electron chi connectivity index (χ4n) is 5.82. The number of likely N-dealkylation sites (tertiary alicyclic amines) is 2. The number of piperidine rings is 2. The van der Waals surface area contributed by atoms with Crippen molar-refractivity contribution in [2.24, 2.45) is 5.73 Å². The number of hydrogen-bond acceptors (Lipinski definition) is 4. The van der Waals surface area contributed by atoms with E-state index in [-0.39, 0.29) is 5.91 Å². The lowest BCUT2D eigenvalue weighted by molar-refractivity contribution is 0.100. The summed E-state index contributed by atoms with van der Waals surface area (Å²) in [6.07, 6.45) is 9.40. The van der Waals surface area contributed by atoms with Gasteiger partial charge in [0, 0.05) is 49.5 Å². The Morgan fingerprint density at radius 1 is 0.971 bits per heavy atom. The third-order valence-electron chi connectivity index (χ3n) is 7.86. The van der Waals surface area contributed by atoms with Crippen molar-refractivity contribution >= 4 is 16.8 Å². The Kier molecular flexibility index (Phi) is 7.40. The number of primary amides is 1. The van der Waals surface area contributed by atoms with Crippen LogP contribution in [0.15, 0.2) is 48.7 Å². The molecule has 1 amide bonds. The second-order valence-electron chi connectivity index (χ2n) is 10.2. The van der Waals surface area contributed by atoms with Crippen LogP contribution in [0.3, 0.4) is 0 Å². The van der Waals surface area contributed by atoms with Crippen molar-refractivity contribution in [2.75, 3.05) is 39.8 Å². The van der Waals surface area contributed by atoms with Crippen molar-refractivity contribution in [2.45, 2.75) is 51.1 Å². The quantitative estimate of drug-likeness (QED) is 0.518. The number of benzene rings is 2. The van der Waals surface area contributed by atoms with Crippen LogP contribution >= 0.6 is 0 Å². The molecule has 2 saturated heterocycles. The molecular weight excluding hydrogens is 436 g/mol. The number of methoxy groups -OCH3 is 1. The molecule has 0 spiro atoms. The van der Waals surface area contributed by atoms with Gasteiger partial charge < -0.3 is 19.9 Å². The maximum absolute atomic E-state index is 11.6. The summed E-state index contributed by atoms with van der Waals surface area (Å²) < 4.78 is 8.03. The molecule has 0 bridgehead atoms. The summed E-state index contributed by atoms with van der Waals surface area (Å²) in [5.74, 6) is 0.635. The lowest BCUT2D eigenvalue weighted by atomic mass is 10.0. The molecule has 1 aromatic heterocycles. The second kappa shape index (κ2) is 10.8. The number of nitrogens with two attached hydrogens (primary N) is 1. The molecule has 186 valence electrons. The van der Waals surface area contributed by atoms with Crippen molar-refractivity contribution in [3.05, 3.63) is 65.4 Å². The third kappa shape index (κ3) is 5.54. The first-order valence-electron chi connectivity index (χ1n) is 13.1. The highest BCUT2D eigenvalue weighted by Crippen LogP contribution is 2.29. The Bertz CT molecular complexity index is 1160. The minimum absolute atomic E-state index is 0.370. The van der Waals surface area contributed by atoms with E-state index in [1.54, 1.807) is 7.11 Å². The maximum Gasteiger partial charge on any atom is 0.248 e. The molecule has 0 atom stereocenters. The van der Waals surface area contributed by atoms with Gasteiger partial charge in [-0.15, -0.1) is 0 Å². The van der Waals surface area contributed by atoms with Crippen LogP contribution < -0.4 is 10.5 Å². The Hall–Kier alpha value is -2.83. The zero-order valence-electron chi connectivity index (χ0n) is 20.9. The molecule has 0 aliphatic carbocycles. The monoisotopic (exact) mass is 474 g/mol. The van der Waals surface area contributed by atoms with Gasteiger partial charge in [-0.1, -0.05) is 24.6 Å². The predicted octanol–water partition coefficient (Wildman–Crippen LogP) is 4.61. The van der Waals surface area contributed by atoms with Crippen molar-refractivity contribution in [3.63, 3.8) is 0 Å². The molecule has 5 rings (SSSR count). The number of rotatable bonds is 8. The largest absolute Gasteiger partial charge is 0.496 e. The van der Waals surface area contributed by atoms with Gasteiger partial charge in [0.1, 0.15) is 5.75 Å². The minimum atomic E-state index is -0.370. The van der Waals surface area contributed by atoms with Crippen LogP contribution in [0.25, 0.3) is 10.9 Å². The molecule has 2 N–H and O–H groups in total. The van der Waals surface area contributed by atoms with Crippen molar-refractivity contribution in [3.8, 4) is 5.75 Å². The molecule has 35 heavy (non-hydrogen) atoms. The van der Waals surface area contributed by atoms with Gasteiger partial charge in [0.05, 0.1) is 7.11 Å². The van der Waals surface area contributed by atoms with Crippen LogP contribution in [0.1, 0.15) is 59.6 Å². The molecule has 2 fully saturated rings. The highest BCUT2D eigenvalue weighted by Gasteiger charge is 2.22. The van der Waals surface area contributed by atoms with Crippen LogP contribution in [0, 0.1) is 0 Å². The lowest BCUT2D eigenvalue weighted by Crippen LogP contribution is -2.35. The number of carbonyl (C=O) groups is 1. The van der Waals surface area contributed by atoms with E-state index in [2.05, 4.69) is 44.8 Å². The van der Waals surface area contributed by atoms with Crippen LogP contribution in [-0.2, 0) is 13.0 Å². The van der Waals surface area contributed by atoms with E-state index in [0.717, 1.165) is 62.1 Å². The molecule has 0 radical (unpaired) electrons. The van der Waals surface area contributed by atoms with E-state index in [4.69, 9.17) is 10.5 Å². The summed E-state index contributed by atoms with van der Waals surface area (Å²) in [7, 11) is 1.78. The van der Waals surface area contributed by atoms with Gasteiger partial charge in [-0.3, -0.25) is 9.69 Å². The van der Waals surface area contributed by atoms with Gasteiger partial charge in [-0.2, -0.15) is 0 Å². The Morgan fingerprint density at radius 2 is 1.77 bits per heavy atom. The molecule has 6 nitrogen and oxygen atoms in total. The molecule has 2 aliphatic rings. The SMILES string of the molecule is COc1ccc(CN2CCCCC2)cc1CCN1CCC(n2ccc3ccc(C(N)=O)cc32)CC1. The lowest BCUT2D eigenvalue weighted by Gasteiger charge is -2.33. The molecule has 2 aromatic carbocycles. The number of amides is 1. The molecule has 3 aromatic rings. The topological polar surface area (TPSA) is 63.7 Å². The number of fused-ring (bicyclic) bond motifs is 1. The number of hydrogen-bond donors (Lipinski definition) is 1. The fourth-order valence-corrected chi connectivity index (χ4v) is 5.82. The first-order chi connectivity index (χ1) is 17.1. The van der Waals surface area contributed by atoms with Crippen LogP contribution in [0.2, 0.25) is 0 Å². The first kappa shape index (κ1) is 23.9. The molecule has 6 heteroatoms. The summed E-state index contributed by atoms with van der Waals surface area (Å²) in [5, 5.41) is 1.16. The number of carbonyl (C=O) groups excluding carboxylic acids is 1. The molecule has 0 unspecified atom stereocenters. The third-order valence-corrected chi connectivity index (χ3v) is 7.86. The highest BCUT2D eigenvalue weighted by molar-refractivity contribution is 5.97. The van der Waals surface area contributed by atoms with Crippen LogP contribution in [0.4, 0.5) is 0 Å². The van der Waals surface area contributed by atoms with E-state index < -0.39 is 0 Å². The average molecular weight is 475 g/mol. The molecular formula is C29H38N4O2. The predicted molar refractivity (Wildman–Crippen MR) is 141 cm³/mol. The van der Waals surface area contributed by atoms with Crippen LogP contribution in [-0.4, -0.2) is 60.1 Å². The average Bonchev–Trinajstić information content (AvgIpc) is 3.32. The van der Waals surface area contributed by atoms with Gasteiger partial charge in [-0.25, -0.2) is 0 Å². The molecule has 2 aliphatic heterocycles. The number of aromatic nitrogens is 1. The van der Waals surface area contributed by atoms with E-state index in [0.29, 0.717) is 11.6 Å². The molecule has 0 saturated carbocycles. The van der Waals surface area contributed by atoms with Crippen LogP contribution in [0.5, 0.6) is 5.75 Å². The molecule has 3 heterocycles. The first-order valence-corrected chi connectivity index (χ1v) is 13.1.